The van der Waals surface area contributed by atoms with Crippen LogP contribution in [0.5, 0.6) is 0 Å². The highest BCUT2D eigenvalue weighted by atomic mass is 32.1. The Morgan fingerprint density at radius 3 is 2.71 bits per heavy atom. The maximum Gasteiger partial charge on any atom is 0.326 e. The Balaban J connectivity index is 2.00. The molecule has 1 saturated carbocycles. The molecule has 1 aromatic heterocycles. The first-order chi connectivity index (χ1) is 8.06. The number of carboxylic acids is 2. The van der Waals surface area contributed by atoms with Gasteiger partial charge in [-0.05, 0) is 12.8 Å². The quantitative estimate of drug-likeness (QED) is 0.689. The summed E-state index contributed by atoms with van der Waals surface area (Å²) in [7, 11) is 0. The van der Waals surface area contributed by atoms with Gasteiger partial charge in [0.1, 0.15) is 11.9 Å². The molecule has 1 heterocycles. The molecule has 0 aromatic carbocycles. The summed E-state index contributed by atoms with van der Waals surface area (Å²) in [5.74, 6) is -1.27. The highest BCUT2D eigenvalue weighted by Crippen LogP contribution is 2.39. The van der Waals surface area contributed by atoms with Crippen LogP contribution < -0.4 is 5.32 Å². The number of rotatable bonds is 6. The van der Waals surface area contributed by atoms with Gasteiger partial charge in [-0.3, -0.25) is 4.79 Å². The zero-order valence-corrected chi connectivity index (χ0v) is 9.61. The van der Waals surface area contributed by atoms with Gasteiger partial charge in [-0.1, -0.05) is 0 Å². The van der Waals surface area contributed by atoms with Crippen LogP contribution in [0.4, 0.5) is 5.13 Å². The predicted octanol–water partition coefficient (Wildman–Crippen LogP) is 0.755. The number of aliphatic carboxylic acids is 2. The number of nitrogens with zero attached hydrogens (tertiary/aromatic N) is 2. The zero-order chi connectivity index (χ0) is 12.4. The van der Waals surface area contributed by atoms with Gasteiger partial charge in [0.05, 0.1) is 6.42 Å². The van der Waals surface area contributed by atoms with Gasteiger partial charge in [0, 0.05) is 17.5 Å². The maximum atomic E-state index is 10.8. The molecule has 7 nitrogen and oxygen atoms in total. The Bertz CT molecular complexity index is 443. The summed E-state index contributed by atoms with van der Waals surface area (Å²) in [6.07, 6.45) is 1.63. The number of hydrogen-bond acceptors (Lipinski definition) is 6. The van der Waals surface area contributed by atoms with Gasteiger partial charge in [-0.25, -0.2) is 9.78 Å². The van der Waals surface area contributed by atoms with Crippen molar-refractivity contribution in [3.8, 4) is 0 Å². The van der Waals surface area contributed by atoms with Crippen LogP contribution in [0, 0.1) is 0 Å². The summed E-state index contributed by atoms with van der Waals surface area (Å²) >= 11 is 1.06. The molecule has 1 fully saturated rings. The normalized spacial score (nSPS) is 16.5. The SMILES string of the molecule is O=C(O)CC(Nc1nc(C2CC2)ns1)C(=O)O. The number of hydrogen-bond donors (Lipinski definition) is 3. The van der Waals surface area contributed by atoms with Crippen LogP contribution in [-0.2, 0) is 9.59 Å². The molecule has 1 unspecified atom stereocenters. The molecule has 0 aliphatic heterocycles. The summed E-state index contributed by atoms with van der Waals surface area (Å²) < 4.78 is 4.10. The van der Waals surface area contributed by atoms with E-state index in [0.717, 1.165) is 30.2 Å². The van der Waals surface area contributed by atoms with E-state index in [1.807, 2.05) is 0 Å². The summed E-state index contributed by atoms with van der Waals surface area (Å²) in [6, 6.07) is -1.17. The van der Waals surface area contributed by atoms with Crippen molar-refractivity contribution in [3.63, 3.8) is 0 Å². The third-order valence-electron chi connectivity index (χ3n) is 2.36. The molecule has 0 saturated heterocycles. The standard InChI is InChI=1S/C9H11N3O4S/c13-6(14)3-5(8(15)16)10-9-11-7(12-17-9)4-1-2-4/h4-5H,1-3H2,(H,13,14)(H,15,16)(H,10,11,12). The van der Waals surface area contributed by atoms with Gasteiger partial charge in [-0.15, -0.1) is 0 Å². The van der Waals surface area contributed by atoms with Crippen LogP contribution >= 0.6 is 11.5 Å². The van der Waals surface area contributed by atoms with Crippen LogP contribution in [0.3, 0.4) is 0 Å². The molecule has 0 bridgehead atoms. The van der Waals surface area contributed by atoms with Crippen molar-refractivity contribution in [2.75, 3.05) is 5.32 Å². The largest absolute Gasteiger partial charge is 0.481 e. The second-order valence-corrected chi connectivity index (χ2v) is 4.62. The highest BCUT2D eigenvalue weighted by Gasteiger charge is 2.29. The fraction of sp³-hybridized carbons (Fsp3) is 0.556. The smallest absolute Gasteiger partial charge is 0.326 e. The monoisotopic (exact) mass is 257 g/mol. The topological polar surface area (TPSA) is 112 Å². The average molecular weight is 257 g/mol. The molecule has 0 radical (unpaired) electrons. The van der Waals surface area contributed by atoms with Crippen molar-refractivity contribution in [2.45, 2.75) is 31.2 Å². The second kappa shape index (κ2) is 4.66. The number of anilines is 1. The minimum atomic E-state index is -1.21. The molecule has 3 N–H and O–H groups in total. The van der Waals surface area contributed by atoms with Gasteiger partial charge in [0.2, 0.25) is 5.13 Å². The summed E-state index contributed by atoms with van der Waals surface area (Å²) in [5.41, 5.74) is 0. The number of carboxylic acid groups (broad SMARTS) is 2. The molecule has 0 amide bonds. The summed E-state index contributed by atoms with van der Waals surface area (Å²) in [4.78, 5) is 25.5. The first-order valence-corrected chi connectivity index (χ1v) is 5.88. The van der Waals surface area contributed by atoms with E-state index in [1.165, 1.54) is 0 Å². The second-order valence-electron chi connectivity index (χ2n) is 3.87. The van der Waals surface area contributed by atoms with Crippen molar-refractivity contribution >= 4 is 28.6 Å². The van der Waals surface area contributed by atoms with E-state index in [9.17, 15) is 9.59 Å². The van der Waals surface area contributed by atoms with Crippen molar-refractivity contribution in [2.24, 2.45) is 0 Å². The predicted molar refractivity (Wildman–Crippen MR) is 59.2 cm³/mol. The minimum absolute atomic E-state index is 0.362. The first-order valence-electron chi connectivity index (χ1n) is 5.11. The third-order valence-corrected chi connectivity index (χ3v) is 3.02. The van der Waals surface area contributed by atoms with E-state index in [2.05, 4.69) is 14.7 Å². The molecule has 17 heavy (non-hydrogen) atoms. The van der Waals surface area contributed by atoms with E-state index in [0.29, 0.717) is 11.0 Å². The fourth-order valence-electron chi connectivity index (χ4n) is 1.32. The van der Waals surface area contributed by atoms with Crippen LogP contribution in [0.15, 0.2) is 0 Å². The Kier molecular flexibility index (Phi) is 3.23. The molecule has 0 spiro atoms. The van der Waals surface area contributed by atoms with Crippen LogP contribution in [0.2, 0.25) is 0 Å². The van der Waals surface area contributed by atoms with Crippen molar-refractivity contribution in [1.29, 1.82) is 0 Å². The molecule has 8 heteroatoms. The van der Waals surface area contributed by atoms with Gasteiger partial charge in [0.25, 0.3) is 0 Å². The Labute approximate surface area is 101 Å². The van der Waals surface area contributed by atoms with Crippen molar-refractivity contribution in [1.82, 2.24) is 9.36 Å². The summed E-state index contributed by atoms with van der Waals surface area (Å²) in [6.45, 7) is 0. The van der Waals surface area contributed by atoms with Gasteiger partial charge >= 0.3 is 11.9 Å². The zero-order valence-electron chi connectivity index (χ0n) is 8.79. The molecular formula is C9H11N3O4S. The Hall–Kier alpha value is -1.70. The molecule has 1 aromatic rings. The lowest BCUT2D eigenvalue weighted by atomic mass is 10.2. The fourth-order valence-corrected chi connectivity index (χ4v) is 2.02. The third kappa shape index (κ3) is 3.13. The van der Waals surface area contributed by atoms with Gasteiger partial charge < -0.3 is 15.5 Å². The lowest BCUT2D eigenvalue weighted by Crippen LogP contribution is -2.31. The number of nitrogens with one attached hydrogen (secondary N) is 1. The molecule has 1 atom stereocenters. The first kappa shape index (κ1) is 11.8. The van der Waals surface area contributed by atoms with Gasteiger partial charge in [0.15, 0.2) is 0 Å². The van der Waals surface area contributed by atoms with Crippen molar-refractivity contribution in [3.05, 3.63) is 5.82 Å². The molecule has 92 valence electrons. The maximum absolute atomic E-state index is 10.8. The van der Waals surface area contributed by atoms with E-state index in [-0.39, 0.29) is 0 Å². The van der Waals surface area contributed by atoms with E-state index in [4.69, 9.17) is 10.2 Å². The molecular weight excluding hydrogens is 246 g/mol. The van der Waals surface area contributed by atoms with Crippen LogP contribution in [0.1, 0.15) is 31.0 Å². The minimum Gasteiger partial charge on any atom is -0.481 e. The number of carbonyl (C=O) groups is 2. The van der Waals surface area contributed by atoms with Crippen molar-refractivity contribution < 1.29 is 19.8 Å². The highest BCUT2D eigenvalue weighted by molar-refractivity contribution is 7.09. The van der Waals surface area contributed by atoms with E-state index in [1.54, 1.807) is 0 Å². The Morgan fingerprint density at radius 1 is 1.47 bits per heavy atom. The van der Waals surface area contributed by atoms with E-state index >= 15 is 0 Å². The molecule has 1 aliphatic rings. The number of aromatic nitrogens is 2. The van der Waals surface area contributed by atoms with E-state index < -0.39 is 24.4 Å². The van der Waals surface area contributed by atoms with Crippen LogP contribution in [0.25, 0.3) is 0 Å². The Morgan fingerprint density at radius 2 is 2.18 bits per heavy atom. The summed E-state index contributed by atoms with van der Waals surface area (Å²) in [5, 5.41) is 20.4. The van der Waals surface area contributed by atoms with Gasteiger partial charge in [-0.2, -0.15) is 4.37 Å². The molecule has 1 aliphatic carbocycles. The lowest BCUT2D eigenvalue weighted by molar-refractivity contribution is -0.144. The van der Waals surface area contributed by atoms with Crippen LogP contribution in [-0.4, -0.2) is 37.6 Å². The lowest BCUT2D eigenvalue weighted by Gasteiger charge is -2.09. The molecule has 2 rings (SSSR count). The average Bonchev–Trinajstić information content (AvgIpc) is 2.98.